The summed E-state index contributed by atoms with van der Waals surface area (Å²) >= 11 is 4.27. The van der Waals surface area contributed by atoms with E-state index >= 15 is 0 Å². The van der Waals surface area contributed by atoms with Crippen LogP contribution in [0.3, 0.4) is 0 Å². The number of nitrogens with one attached hydrogen (secondary N) is 1. The largest absolute Gasteiger partial charge is 0.399 e. The fraction of sp³-hybridized carbons (Fsp3) is 0.125. The molecule has 0 unspecified atom stereocenters. The minimum atomic E-state index is -5.62. The minimum Gasteiger partial charge on any atom is -0.320 e. The molecule has 1 heterocycles. The fourth-order valence-electron chi connectivity index (χ4n) is 2.23. The van der Waals surface area contributed by atoms with E-state index in [1.165, 1.54) is 23.9 Å². The van der Waals surface area contributed by atoms with Gasteiger partial charge in [-0.2, -0.15) is 8.78 Å². The van der Waals surface area contributed by atoms with Crippen molar-refractivity contribution in [2.24, 2.45) is 0 Å². The molecule has 0 fully saturated rings. The second-order valence-corrected chi connectivity index (χ2v) is 8.97. The molecule has 3 N–H and O–H groups in total. The monoisotopic (exact) mass is 475 g/mol. The Labute approximate surface area is 165 Å². The van der Waals surface area contributed by atoms with Crippen LogP contribution in [0.25, 0.3) is 11.4 Å². The smallest absolute Gasteiger partial charge is 0.320 e. The highest BCUT2D eigenvalue weighted by Crippen LogP contribution is 2.60. The van der Waals surface area contributed by atoms with Crippen LogP contribution < -0.4 is 0 Å². The number of halogens is 3. The lowest BCUT2D eigenvalue weighted by molar-refractivity contribution is 0.0557. The normalized spacial score (nSPS) is 12.3. The van der Waals surface area contributed by atoms with Gasteiger partial charge in [0.1, 0.15) is 0 Å². The molecule has 0 aliphatic rings. The molecule has 0 aliphatic heterocycles. The average Bonchev–Trinajstić information content (AvgIpc) is 3.08. The maximum absolute atomic E-state index is 13.8. The van der Waals surface area contributed by atoms with Crippen LogP contribution in [-0.2, 0) is 16.0 Å². The van der Waals surface area contributed by atoms with E-state index in [0.29, 0.717) is 22.3 Å². The molecule has 6 nitrogen and oxygen atoms in total. The zero-order chi connectivity index (χ0) is 19.7. The highest BCUT2D eigenvalue weighted by atomic mass is 79.9. The number of thioether (sulfide) groups is 1. The van der Waals surface area contributed by atoms with E-state index in [-0.39, 0.29) is 4.47 Å². The molecular formula is C16H13BrF2N3O3PS. The topological polar surface area (TPSA) is 99.1 Å². The van der Waals surface area contributed by atoms with Crippen molar-refractivity contribution in [1.29, 1.82) is 0 Å². The van der Waals surface area contributed by atoms with Crippen LogP contribution in [0.4, 0.5) is 8.78 Å². The molecule has 3 rings (SSSR count). The highest BCUT2D eigenvalue weighted by Gasteiger charge is 2.51. The van der Waals surface area contributed by atoms with Gasteiger partial charge >= 0.3 is 13.3 Å². The van der Waals surface area contributed by atoms with Crippen molar-refractivity contribution in [2.45, 2.75) is 16.6 Å². The average molecular weight is 476 g/mol. The summed E-state index contributed by atoms with van der Waals surface area (Å²) in [6.45, 7) is 0. The molecule has 3 aromatic rings. The number of aromatic nitrogens is 3. The van der Waals surface area contributed by atoms with Crippen molar-refractivity contribution >= 4 is 35.3 Å². The molecule has 0 bridgehead atoms. The van der Waals surface area contributed by atoms with Crippen LogP contribution >= 0.6 is 35.3 Å². The van der Waals surface area contributed by atoms with Crippen molar-refractivity contribution in [3.05, 3.63) is 64.1 Å². The predicted molar refractivity (Wildman–Crippen MR) is 101 cm³/mol. The maximum atomic E-state index is 13.8. The Hall–Kier alpha value is -1.58. The third-order valence-electron chi connectivity index (χ3n) is 3.60. The Morgan fingerprint density at radius 1 is 1.19 bits per heavy atom. The van der Waals surface area contributed by atoms with E-state index < -0.39 is 18.8 Å². The second-order valence-electron chi connectivity index (χ2n) is 5.52. The molecule has 27 heavy (non-hydrogen) atoms. The van der Waals surface area contributed by atoms with Gasteiger partial charge in [0.15, 0.2) is 5.82 Å². The molecule has 11 heteroatoms. The molecular weight excluding hydrogens is 463 g/mol. The first kappa shape index (κ1) is 20.2. The quantitative estimate of drug-likeness (QED) is 0.351. The van der Waals surface area contributed by atoms with Gasteiger partial charge in [-0.1, -0.05) is 70.2 Å². The van der Waals surface area contributed by atoms with Crippen LogP contribution in [0.1, 0.15) is 11.1 Å². The zero-order valence-electron chi connectivity index (χ0n) is 13.5. The number of alkyl halides is 2. The van der Waals surface area contributed by atoms with E-state index in [2.05, 4.69) is 31.1 Å². The summed E-state index contributed by atoms with van der Waals surface area (Å²) < 4.78 is 38.6. The van der Waals surface area contributed by atoms with Crippen LogP contribution in [0.5, 0.6) is 0 Å². The number of aromatic amines is 1. The number of hydrogen-bond acceptors (Lipinski definition) is 4. The number of nitrogens with zero attached hydrogens (tertiary/aromatic N) is 2. The third kappa shape index (κ3) is 4.47. The van der Waals surface area contributed by atoms with Gasteiger partial charge in [0.05, 0.1) is 0 Å². The Kier molecular flexibility index (Phi) is 5.83. The first-order chi connectivity index (χ1) is 12.7. The van der Waals surface area contributed by atoms with E-state index in [1.807, 2.05) is 30.3 Å². The van der Waals surface area contributed by atoms with Gasteiger partial charge in [0.2, 0.25) is 5.16 Å². The first-order valence-electron chi connectivity index (χ1n) is 7.51. The fourth-order valence-corrected chi connectivity index (χ4v) is 4.31. The lowest BCUT2D eigenvalue weighted by Gasteiger charge is -2.19. The molecule has 2 aromatic carbocycles. The number of H-pyrrole nitrogens is 1. The number of hydrogen-bond donors (Lipinski definition) is 3. The van der Waals surface area contributed by atoms with Crippen LogP contribution in [0, 0.1) is 0 Å². The number of benzene rings is 2. The Bertz CT molecular complexity index is 998. The van der Waals surface area contributed by atoms with Crippen LogP contribution in [-0.4, -0.2) is 25.0 Å². The molecule has 142 valence electrons. The summed E-state index contributed by atoms with van der Waals surface area (Å²) in [5.74, 6) is 1.02. The summed E-state index contributed by atoms with van der Waals surface area (Å²) in [5.41, 5.74) is -3.45. The van der Waals surface area contributed by atoms with E-state index in [0.717, 1.165) is 11.6 Å². The molecule has 1 aromatic heterocycles. The standard InChI is InChI=1S/C16H13BrF2N3O3PS/c17-13-8-10(6-7-12(13)16(18,19)26(23,24)25)9-27-15-20-14(21-22-15)11-4-2-1-3-5-11/h1-8H,9H2,(H,20,21,22)(H2,23,24,25). The molecule has 0 aliphatic carbocycles. The third-order valence-corrected chi connectivity index (χ3v) is 6.15. The summed E-state index contributed by atoms with van der Waals surface area (Å²) in [5, 5.41) is 7.44. The molecule has 0 amide bonds. The second kappa shape index (κ2) is 7.81. The van der Waals surface area contributed by atoms with Gasteiger partial charge in [0.25, 0.3) is 0 Å². The van der Waals surface area contributed by atoms with Crippen molar-refractivity contribution in [3.8, 4) is 11.4 Å². The summed E-state index contributed by atoms with van der Waals surface area (Å²) in [7, 11) is -5.62. The zero-order valence-corrected chi connectivity index (χ0v) is 16.8. The Balaban J connectivity index is 1.72. The van der Waals surface area contributed by atoms with Gasteiger partial charge in [-0.3, -0.25) is 9.66 Å². The Morgan fingerprint density at radius 2 is 1.89 bits per heavy atom. The lowest BCUT2D eigenvalue weighted by atomic mass is 10.1. The van der Waals surface area contributed by atoms with Crippen molar-refractivity contribution in [1.82, 2.24) is 15.2 Å². The van der Waals surface area contributed by atoms with Gasteiger partial charge in [-0.25, -0.2) is 4.98 Å². The van der Waals surface area contributed by atoms with E-state index in [1.54, 1.807) is 0 Å². The highest BCUT2D eigenvalue weighted by molar-refractivity contribution is 9.10. The molecule has 0 radical (unpaired) electrons. The Morgan fingerprint density at radius 3 is 2.52 bits per heavy atom. The minimum absolute atomic E-state index is 0.0751. The SMILES string of the molecule is O=P(O)(O)C(F)(F)c1ccc(CSc2n[nH]c(-c3ccccc3)n2)cc1Br. The van der Waals surface area contributed by atoms with Crippen molar-refractivity contribution < 1.29 is 23.1 Å². The van der Waals surface area contributed by atoms with Crippen LogP contribution in [0.15, 0.2) is 58.2 Å². The van der Waals surface area contributed by atoms with E-state index in [9.17, 15) is 13.3 Å². The molecule has 0 saturated heterocycles. The maximum Gasteiger partial charge on any atom is 0.399 e. The van der Waals surface area contributed by atoms with Crippen molar-refractivity contribution in [2.75, 3.05) is 0 Å². The predicted octanol–water partition coefficient (Wildman–Crippen LogP) is 4.75. The first-order valence-corrected chi connectivity index (χ1v) is 10.9. The van der Waals surface area contributed by atoms with Crippen molar-refractivity contribution in [3.63, 3.8) is 0 Å². The van der Waals surface area contributed by atoms with Gasteiger partial charge < -0.3 is 9.79 Å². The van der Waals surface area contributed by atoms with Gasteiger partial charge in [0, 0.05) is 21.4 Å². The number of rotatable bonds is 6. The summed E-state index contributed by atoms with van der Waals surface area (Å²) in [4.78, 5) is 22.1. The molecule has 0 atom stereocenters. The van der Waals surface area contributed by atoms with E-state index in [4.69, 9.17) is 9.79 Å². The lowest BCUT2D eigenvalue weighted by Crippen LogP contribution is -2.14. The molecule has 0 spiro atoms. The van der Waals surface area contributed by atoms with Gasteiger partial charge in [-0.05, 0) is 11.6 Å². The summed E-state index contributed by atoms with van der Waals surface area (Å²) in [6.07, 6.45) is 0. The van der Waals surface area contributed by atoms with Gasteiger partial charge in [-0.15, -0.1) is 5.10 Å². The molecule has 0 saturated carbocycles. The van der Waals surface area contributed by atoms with Crippen LogP contribution in [0.2, 0.25) is 0 Å². The summed E-state index contributed by atoms with van der Waals surface area (Å²) in [6, 6.07) is 13.3.